The van der Waals surface area contributed by atoms with Gasteiger partial charge in [0.15, 0.2) is 5.78 Å². The Labute approximate surface area is 152 Å². The van der Waals surface area contributed by atoms with Crippen LogP contribution in [0.1, 0.15) is 30.9 Å². The van der Waals surface area contributed by atoms with E-state index in [4.69, 9.17) is 0 Å². The number of thiol groups is 1. The zero-order valence-corrected chi connectivity index (χ0v) is 15.1. The van der Waals surface area contributed by atoms with E-state index in [1.54, 1.807) is 31.3 Å². The van der Waals surface area contributed by atoms with E-state index >= 15 is 0 Å². The second-order valence-corrected chi connectivity index (χ2v) is 7.33. The number of likely N-dealkylation sites (tertiary alicyclic amines) is 1. The Morgan fingerprint density at radius 1 is 1.32 bits per heavy atom. The molecule has 2 atom stereocenters. The second kappa shape index (κ2) is 7.70. The van der Waals surface area contributed by atoms with Crippen LogP contribution in [0.25, 0.3) is 0 Å². The highest BCUT2D eigenvalue weighted by atomic mass is 32.1. The number of Topliss-reactive ketones (excluding diaryl/α,β-unsaturated/α-hetero) is 1. The molecule has 1 heterocycles. The summed E-state index contributed by atoms with van der Waals surface area (Å²) < 4.78 is 14.4. The Hall–Kier alpha value is -1.66. The minimum absolute atomic E-state index is 0.0224. The van der Waals surface area contributed by atoms with Gasteiger partial charge in [-0.1, -0.05) is 18.2 Å². The summed E-state index contributed by atoms with van der Waals surface area (Å²) in [7, 11) is 1.58. The normalized spacial score (nSPS) is 24.1. The molecule has 3 rings (SSSR count). The number of likely N-dealkylation sites (N-methyl/N-ethyl adjacent to an activating group) is 1. The van der Waals surface area contributed by atoms with Gasteiger partial charge in [-0.3, -0.25) is 14.5 Å². The van der Waals surface area contributed by atoms with Gasteiger partial charge in [0.2, 0.25) is 5.91 Å². The third kappa shape index (κ3) is 4.12. The Balaban J connectivity index is 1.91. The molecule has 2 aliphatic rings. The highest BCUT2D eigenvalue weighted by Crippen LogP contribution is 2.39. The maximum atomic E-state index is 14.4. The highest BCUT2D eigenvalue weighted by Gasteiger charge is 2.40. The Morgan fingerprint density at radius 2 is 2.04 bits per heavy atom. The van der Waals surface area contributed by atoms with Crippen LogP contribution < -0.4 is 5.32 Å². The van der Waals surface area contributed by atoms with E-state index < -0.39 is 6.04 Å². The number of hydrogen-bond donors (Lipinski definition) is 2. The van der Waals surface area contributed by atoms with E-state index in [9.17, 15) is 14.0 Å². The molecule has 1 saturated carbocycles. The number of piperidine rings is 1. The third-order valence-corrected chi connectivity index (χ3v) is 5.47. The van der Waals surface area contributed by atoms with Gasteiger partial charge < -0.3 is 5.32 Å². The van der Waals surface area contributed by atoms with Crippen LogP contribution in [0.4, 0.5) is 4.39 Å². The molecule has 2 unspecified atom stereocenters. The fourth-order valence-corrected chi connectivity index (χ4v) is 3.58. The molecule has 0 aromatic heterocycles. The number of hydrogen-bond acceptors (Lipinski definition) is 4. The van der Waals surface area contributed by atoms with Crippen molar-refractivity contribution < 1.29 is 14.0 Å². The molecule has 1 amide bonds. The zero-order chi connectivity index (χ0) is 18.0. The number of nitrogens with one attached hydrogen (secondary N) is 1. The van der Waals surface area contributed by atoms with Crippen LogP contribution in [-0.4, -0.2) is 42.0 Å². The van der Waals surface area contributed by atoms with Crippen molar-refractivity contribution in [3.8, 4) is 0 Å². The first-order valence-electron chi connectivity index (χ1n) is 8.63. The van der Waals surface area contributed by atoms with Gasteiger partial charge in [-0.25, -0.2) is 4.39 Å². The van der Waals surface area contributed by atoms with Crippen molar-refractivity contribution in [2.24, 2.45) is 5.92 Å². The average molecular weight is 362 g/mol. The van der Waals surface area contributed by atoms with Crippen LogP contribution in [0.15, 0.2) is 35.9 Å². The number of ketones is 1. The lowest BCUT2D eigenvalue weighted by atomic mass is 9.93. The van der Waals surface area contributed by atoms with Crippen molar-refractivity contribution in [1.29, 1.82) is 0 Å². The summed E-state index contributed by atoms with van der Waals surface area (Å²) in [6, 6.07) is 5.89. The molecule has 1 aliphatic carbocycles. The van der Waals surface area contributed by atoms with Gasteiger partial charge in [-0.2, -0.15) is 12.6 Å². The number of carbonyl (C=O) groups is 2. The Morgan fingerprint density at radius 3 is 2.68 bits per heavy atom. The van der Waals surface area contributed by atoms with Gasteiger partial charge in [0, 0.05) is 42.9 Å². The molecule has 0 bridgehead atoms. The number of halogens is 1. The largest absolute Gasteiger partial charge is 0.356 e. The first-order valence-corrected chi connectivity index (χ1v) is 9.15. The van der Waals surface area contributed by atoms with Crippen molar-refractivity contribution in [1.82, 2.24) is 10.2 Å². The Kier molecular flexibility index (Phi) is 5.59. The van der Waals surface area contributed by atoms with Crippen molar-refractivity contribution >= 4 is 24.3 Å². The van der Waals surface area contributed by atoms with Crippen LogP contribution >= 0.6 is 12.6 Å². The van der Waals surface area contributed by atoms with Crippen molar-refractivity contribution in [2.45, 2.75) is 30.6 Å². The summed E-state index contributed by atoms with van der Waals surface area (Å²) in [4.78, 5) is 26.6. The van der Waals surface area contributed by atoms with Crippen LogP contribution in [0.2, 0.25) is 0 Å². The maximum Gasteiger partial charge on any atom is 0.243 e. The lowest BCUT2D eigenvalue weighted by molar-refractivity contribution is -0.126. The van der Waals surface area contributed by atoms with Gasteiger partial charge in [0.05, 0.1) is 6.04 Å². The SMILES string of the molecule is CNC(=O)/C=C1\CN(C(C(=O)C2CC2)c2ccccc2F)CCC1S. The van der Waals surface area contributed by atoms with E-state index in [0.717, 1.165) is 24.8 Å². The van der Waals surface area contributed by atoms with Gasteiger partial charge in [0.1, 0.15) is 5.82 Å². The van der Waals surface area contributed by atoms with Crippen molar-refractivity contribution in [2.75, 3.05) is 20.1 Å². The van der Waals surface area contributed by atoms with Crippen LogP contribution in [0.3, 0.4) is 0 Å². The molecule has 1 aliphatic heterocycles. The Bertz CT molecular complexity index is 702. The molecular formula is C19H23FN2O2S. The smallest absolute Gasteiger partial charge is 0.243 e. The monoisotopic (exact) mass is 362 g/mol. The summed E-state index contributed by atoms with van der Waals surface area (Å²) >= 11 is 4.56. The van der Waals surface area contributed by atoms with E-state index in [1.165, 1.54) is 6.07 Å². The number of amides is 1. The number of carbonyl (C=O) groups excluding carboxylic acids is 2. The molecule has 1 aromatic rings. The molecule has 2 fully saturated rings. The molecule has 25 heavy (non-hydrogen) atoms. The summed E-state index contributed by atoms with van der Waals surface area (Å²) in [5.41, 5.74) is 1.29. The number of rotatable bonds is 5. The summed E-state index contributed by atoms with van der Waals surface area (Å²) in [5.74, 6) is -0.426. The third-order valence-electron chi connectivity index (χ3n) is 4.88. The van der Waals surface area contributed by atoms with Gasteiger partial charge in [-0.05, 0) is 30.9 Å². The lowest BCUT2D eigenvalue weighted by Gasteiger charge is -2.37. The predicted octanol–water partition coefficient (Wildman–Crippen LogP) is 2.52. The quantitative estimate of drug-likeness (QED) is 0.625. The number of benzene rings is 1. The van der Waals surface area contributed by atoms with Crippen LogP contribution in [0.5, 0.6) is 0 Å². The summed E-state index contributed by atoms with van der Waals surface area (Å²) in [5, 5.41) is 2.55. The average Bonchev–Trinajstić information content (AvgIpc) is 3.44. The molecule has 0 spiro atoms. The fourth-order valence-electron chi connectivity index (χ4n) is 3.31. The topological polar surface area (TPSA) is 49.4 Å². The molecule has 134 valence electrons. The predicted molar refractivity (Wildman–Crippen MR) is 98.0 cm³/mol. The lowest BCUT2D eigenvalue weighted by Crippen LogP contribution is -2.43. The minimum atomic E-state index is -0.595. The standard InChI is InChI=1S/C19H23FN2O2S/c1-21-17(23)10-13-11-22(9-8-16(13)25)18(19(24)12-6-7-12)14-4-2-3-5-15(14)20/h2-5,10,12,16,18,25H,6-9,11H2,1H3,(H,21,23)/b13-10+. The van der Waals surface area contributed by atoms with Crippen molar-refractivity contribution in [3.05, 3.63) is 47.3 Å². The maximum absolute atomic E-state index is 14.4. The van der Waals surface area contributed by atoms with E-state index in [2.05, 4.69) is 17.9 Å². The van der Waals surface area contributed by atoms with E-state index in [0.29, 0.717) is 18.7 Å². The molecule has 0 radical (unpaired) electrons. The second-order valence-electron chi connectivity index (χ2n) is 6.71. The number of nitrogens with zero attached hydrogens (tertiary/aromatic N) is 1. The van der Waals surface area contributed by atoms with E-state index in [-0.39, 0.29) is 28.7 Å². The van der Waals surface area contributed by atoms with Crippen LogP contribution in [-0.2, 0) is 9.59 Å². The fraction of sp³-hybridized carbons (Fsp3) is 0.474. The molecule has 1 saturated heterocycles. The van der Waals surface area contributed by atoms with Crippen molar-refractivity contribution in [3.63, 3.8) is 0 Å². The molecule has 1 N–H and O–H groups in total. The molecular weight excluding hydrogens is 339 g/mol. The first kappa shape index (κ1) is 18.1. The van der Waals surface area contributed by atoms with Gasteiger partial charge in [-0.15, -0.1) is 0 Å². The molecule has 4 nitrogen and oxygen atoms in total. The molecule has 1 aromatic carbocycles. The van der Waals surface area contributed by atoms with Crippen LogP contribution in [0, 0.1) is 11.7 Å². The van der Waals surface area contributed by atoms with E-state index in [1.807, 2.05) is 4.90 Å². The summed E-state index contributed by atoms with van der Waals surface area (Å²) in [6.07, 6.45) is 4.03. The minimum Gasteiger partial charge on any atom is -0.356 e. The summed E-state index contributed by atoms with van der Waals surface area (Å²) in [6.45, 7) is 1.09. The first-order chi connectivity index (χ1) is 12.0. The zero-order valence-electron chi connectivity index (χ0n) is 14.2. The molecule has 6 heteroatoms. The highest BCUT2D eigenvalue weighted by molar-refractivity contribution is 7.81. The van der Waals surface area contributed by atoms with Gasteiger partial charge in [0.25, 0.3) is 0 Å². The van der Waals surface area contributed by atoms with Gasteiger partial charge >= 0.3 is 0 Å².